The summed E-state index contributed by atoms with van der Waals surface area (Å²) in [5, 5.41) is 6.27. The van der Waals surface area contributed by atoms with E-state index in [1.54, 1.807) is 19.1 Å². The zero-order chi connectivity index (χ0) is 16.4. The van der Waals surface area contributed by atoms with E-state index in [9.17, 15) is 9.18 Å². The number of halogens is 1. The summed E-state index contributed by atoms with van der Waals surface area (Å²) in [7, 11) is 0. The highest BCUT2D eigenvalue weighted by atomic mass is 19.1. The van der Waals surface area contributed by atoms with Gasteiger partial charge in [-0.1, -0.05) is 30.3 Å². The minimum absolute atomic E-state index is 0.182. The van der Waals surface area contributed by atoms with E-state index in [1.807, 2.05) is 37.3 Å². The van der Waals surface area contributed by atoms with E-state index in [0.717, 1.165) is 11.0 Å². The number of hydrogen-bond donors (Lipinski definition) is 2. The van der Waals surface area contributed by atoms with Gasteiger partial charge in [0.05, 0.1) is 11.7 Å². The smallest absolute Gasteiger partial charge is 0.319 e. The molecule has 1 aromatic heterocycles. The van der Waals surface area contributed by atoms with Gasteiger partial charge in [-0.15, -0.1) is 0 Å². The summed E-state index contributed by atoms with van der Waals surface area (Å²) in [6.45, 7) is 3.55. The number of para-hydroxylation sites is 2. The molecule has 3 rings (SSSR count). The van der Waals surface area contributed by atoms with Crippen LogP contribution in [0.3, 0.4) is 0 Å². The normalized spacial score (nSPS) is 12.1. The molecule has 0 aliphatic carbocycles. The van der Waals surface area contributed by atoms with Crippen LogP contribution >= 0.6 is 0 Å². The monoisotopic (exact) mass is 312 g/mol. The van der Waals surface area contributed by atoms with Crippen molar-refractivity contribution in [2.75, 3.05) is 5.32 Å². The van der Waals surface area contributed by atoms with Crippen molar-refractivity contribution < 1.29 is 13.6 Å². The maximum Gasteiger partial charge on any atom is 0.319 e. The molecule has 0 fully saturated rings. The molecule has 0 aliphatic rings. The van der Waals surface area contributed by atoms with Gasteiger partial charge in [0.25, 0.3) is 0 Å². The first-order valence-corrected chi connectivity index (χ1v) is 7.35. The molecule has 2 aromatic carbocycles. The number of rotatable bonds is 3. The molecule has 5 heteroatoms. The summed E-state index contributed by atoms with van der Waals surface area (Å²) in [5.74, 6) is 0.183. The highest BCUT2D eigenvalue weighted by Crippen LogP contribution is 2.24. The van der Waals surface area contributed by atoms with Crippen molar-refractivity contribution in [3.05, 3.63) is 65.7 Å². The SMILES string of the molecule is Cc1cccc(F)c1NC(=O)NC(C)c1cc2ccccc2o1. The number of urea groups is 1. The average Bonchev–Trinajstić information content (AvgIpc) is 2.95. The van der Waals surface area contributed by atoms with Crippen molar-refractivity contribution in [1.82, 2.24) is 5.32 Å². The first-order valence-electron chi connectivity index (χ1n) is 7.35. The van der Waals surface area contributed by atoms with Crippen molar-refractivity contribution in [3.63, 3.8) is 0 Å². The molecule has 3 aromatic rings. The molecule has 1 unspecified atom stereocenters. The van der Waals surface area contributed by atoms with Gasteiger partial charge < -0.3 is 15.1 Å². The average molecular weight is 312 g/mol. The van der Waals surface area contributed by atoms with E-state index in [4.69, 9.17) is 4.42 Å². The van der Waals surface area contributed by atoms with Crippen molar-refractivity contribution in [1.29, 1.82) is 0 Å². The van der Waals surface area contributed by atoms with Gasteiger partial charge >= 0.3 is 6.03 Å². The topological polar surface area (TPSA) is 54.3 Å². The van der Waals surface area contributed by atoms with Gasteiger partial charge in [-0.3, -0.25) is 0 Å². The second-order valence-corrected chi connectivity index (χ2v) is 5.44. The summed E-state index contributed by atoms with van der Waals surface area (Å²) in [5.41, 5.74) is 1.61. The van der Waals surface area contributed by atoms with Gasteiger partial charge in [0.15, 0.2) is 0 Å². The Bertz CT molecular complexity index is 804. The fraction of sp³-hybridized carbons (Fsp3) is 0.167. The van der Waals surface area contributed by atoms with Crippen LogP contribution in [-0.2, 0) is 0 Å². The molecule has 0 spiro atoms. The quantitative estimate of drug-likeness (QED) is 0.732. The Morgan fingerprint density at radius 1 is 1.17 bits per heavy atom. The standard InChI is InChI=1S/C18H17FN2O2/c1-11-6-5-8-14(19)17(11)21-18(22)20-12(2)16-10-13-7-3-4-9-15(13)23-16/h3-10,12H,1-2H3,(H2,20,21,22). The number of amides is 2. The van der Waals surface area contributed by atoms with Crippen LogP contribution < -0.4 is 10.6 Å². The lowest BCUT2D eigenvalue weighted by molar-refractivity contribution is 0.247. The number of carbonyl (C=O) groups is 1. The van der Waals surface area contributed by atoms with E-state index in [2.05, 4.69) is 10.6 Å². The summed E-state index contributed by atoms with van der Waals surface area (Å²) in [4.78, 5) is 12.1. The molecule has 2 N–H and O–H groups in total. The zero-order valence-electron chi connectivity index (χ0n) is 12.9. The number of hydrogen-bond acceptors (Lipinski definition) is 2. The molecule has 0 saturated carbocycles. The van der Waals surface area contributed by atoms with Crippen LogP contribution in [0.1, 0.15) is 24.3 Å². The molecule has 4 nitrogen and oxygen atoms in total. The van der Waals surface area contributed by atoms with Gasteiger partial charge in [-0.2, -0.15) is 0 Å². The van der Waals surface area contributed by atoms with Crippen LogP contribution in [0.15, 0.2) is 52.9 Å². The molecule has 2 amide bonds. The molecule has 23 heavy (non-hydrogen) atoms. The Hall–Kier alpha value is -2.82. The second-order valence-electron chi connectivity index (χ2n) is 5.44. The van der Waals surface area contributed by atoms with Crippen LogP contribution in [0.2, 0.25) is 0 Å². The first-order chi connectivity index (χ1) is 11.0. The number of furan rings is 1. The number of benzene rings is 2. The third kappa shape index (κ3) is 3.18. The lowest BCUT2D eigenvalue weighted by atomic mass is 10.2. The minimum Gasteiger partial charge on any atom is -0.459 e. The molecule has 0 bridgehead atoms. The number of aryl methyl sites for hydroxylation is 1. The number of nitrogens with one attached hydrogen (secondary N) is 2. The number of anilines is 1. The Labute approximate surface area is 133 Å². The Kier molecular flexibility index (Phi) is 4.02. The maximum absolute atomic E-state index is 13.7. The zero-order valence-corrected chi connectivity index (χ0v) is 12.9. The third-order valence-electron chi connectivity index (χ3n) is 3.68. The largest absolute Gasteiger partial charge is 0.459 e. The number of carbonyl (C=O) groups excluding carboxylic acids is 1. The molecule has 1 atom stereocenters. The summed E-state index contributed by atoms with van der Waals surface area (Å²) < 4.78 is 19.5. The Morgan fingerprint density at radius 2 is 1.96 bits per heavy atom. The van der Waals surface area contributed by atoms with Crippen LogP contribution in [0.5, 0.6) is 0 Å². The molecule has 0 saturated heterocycles. The molecule has 0 aliphatic heterocycles. The van der Waals surface area contributed by atoms with Crippen molar-refractivity contribution in [2.24, 2.45) is 0 Å². The van der Waals surface area contributed by atoms with Gasteiger partial charge in [-0.05, 0) is 37.6 Å². The van der Waals surface area contributed by atoms with Crippen LogP contribution in [-0.4, -0.2) is 6.03 Å². The van der Waals surface area contributed by atoms with Gasteiger partial charge in [0, 0.05) is 5.39 Å². The predicted molar refractivity (Wildman–Crippen MR) is 87.9 cm³/mol. The van der Waals surface area contributed by atoms with Crippen LogP contribution in [0.4, 0.5) is 14.9 Å². The highest BCUT2D eigenvalue weighted by molar-refractivity contribution is 5.90. The van der Waals surface area contributed by atoms with Crippen molar-refractivity contribution in [3.8, 4) is 0 Å². The highest BCUT2D eigenvalue weighted by Gasteiger charge is 2.15. The van der Waals surface area contributed by atoms with Crippen molar-refractivity contribution in [2.45, 2.75) is 19.9 Å². The minimum atomic E-state index is -0.480. The Balaban J connectivity index is 1.72. The van der Waals surface area contributed by atoms with Gasteiger partial charge in [0.1, 0.15) is 17.2 Å². The third-order valence-corrected chi connectivity index (χ3v) is 3.68. The van der Waals surface area contributed by atoms with Gasteiger partial charge in [0.2, 0.25) is 0 Å². The van der Waals surface area contributed by atoms with E-state index >= 15 is 0 Å². The van der Waals surface area contributed by atoms with Crippen molar-refractivity contribution >= 4 is 22.7 Å². The molecule has 1 heterocycles. The predicted octanol–water partition coefficient (Wildman–Crippen LogP) is 4.76. The van der Waals surface area contributed by atoms with E-state index in [1.165, 1.54) is 6.07 Å². The molecule has 118 valence electrons. The lowest BCUT2D eigenvalue weighted by Gasteiger charge is -2.14. The first kappa shape index (κ1) is 15.1. The second kappa shape index (κ2) is 6.12. The fourth-order valence-electron chi connectivity index (χ4n) is 2.42. The summed E-state index contributed by atoms with van der Waals surface area (Å²) in [6.07, 6.45) is 0. The fourth-order valence-corrected chi connectivity index (χ4v) is 2.42. The van der Waals surface area contributed by atoms with Crippen LogP contribution in [0.25, 0.3) is 11.0 Å². The summed E-state index contributed by atoms with van der Waals surface area (Å²) >= 11 is 0. The summed E-state index contributed by atoms with van der Waals surface area (Å²) in [6, 6.07) is 13.3. The molecule has 0 radical (unpaired) electrons. The maximum atomic E-state index is 13.7. The Morgan fingerprint density at radius 3 is 2.70 bits per heavy atom. The van der Waals surface area contributed by atoms with E-state index < -0.39 is 11.8 Å². The lowest BCUT2D eigenvalue weighted by Crippen LogP contribution is -2.31. The van der Waals surface area contributed by atoms with E-state index in [-0.39, 0.29) is 11.7 Å². The number of fused-ring (bicyclic) bond motifs is 1. The molecular formula is C18H17FN2O2. The van der Waals surface area contributed by atoms with Crippen LogP contribution in [0, 0.1) is 12.7 Å². The van der Waals surface area contributed by atoms with E-state index in [0.29, 0.717) is 11.3 Å². The molecular weight excluding hydrogens is 295 g/mol. The van der Waals surface area contributed by atoms with Gasteiger partial charge in [-0.25, -0.2) is 9.18 Å².